The molecule has 0 atom stereocenters. The molecule has 0 radical (unpaired) electrons. The van der Waals surface area contributed by atoms with Gasteiger partial charge < -0.3 is 16.0 Å². The van der Waals surface area contributed by atoms with E-state index in [1.165, 1.54) is 0 Å². The molecule has 1 heterocycles. The van der Waals surface area contributed by atoms with E-state index < -0.39 is 0 Å². The predicted octanol–water partition coefficient (Wildman–Crippen LogP) is 2.18. The Morgan fingerprint density at radius 1 is 1.28 bits per heavy atom. The number of anilines is 2. The van der Waals surface area contributed by atoms with Gasteiger partial charge in [0.1, 0.15) is 0 Å². The summed E-state index contributed by atoms with van der Waals surface area (Å²) in [5.41, 5.74) is 7.84. The molecule has 0 bridgehead atoms. The highest BCUT2D eigenvalue weighted by Crippen LogP contribution is 2.27. The Bertz CT molecular complexity index is 524. The van der Waals surface area contributed by atoms with Gasteiger partial charge in [-0.05, 0) is 31.8 Å². The fraction of sp³-hybridized carbons (Fsp3) is 0.357. The Kier molecular flexibility index (Phi) is 3.99. The second kappa shape index (κ2) is 5.69. The number of nitrogens with one attached hydrogen (secondary N) is 1. The first-order chi connectivity index (χ1) is 8.72. The number of nitrogens with two attached hydrogens (primary N) is 1. The summed E-state index contributed by atoms with van der Waals surface area (Å²) in [5, 5.41) is 5.59. The van der Waals surface area contributed by atoms with Gasteiger partial charge in [0.2, 0.25) is 0 Å². The van der Waals surface area contributed by atoms with Gasteiger partial charge in [0.15, 0.2) is 0 Å². The van der Waals surface area contributed by atoms with Crippen molar-refractivity contribution in [1.29, 1.82) is 0 Å². The highest BCUT2D eigenvalue weighted by molar-refractivity contribution is 6.00. The van der Waals surface area contributed by atoms with Crippen molar-refractivity contribution in [3.8, 4) is 0 Å². The average molecular weight is 244 g/mol. The number of nitrogens with zero attached hydrogens (tertiary/aromatic N) is 2. The van der Waals surface area contributed by atoms with Crippen molar-refractivity contribution in [2.24, 2.45) is 0 Å². The van der Waals surface area contributed by atoms with Crippen LogP contribution in [0, 0.1) is 0 Å². The first-order valence-electron chi connectivity index (χ1n) is 6.27. The van der Waals surface area contributed by atoms with Gasteiger partial charge in [-0.1, -0.05) is 6.92 Å². The second-order valence-electron chi connectivity index (χ2n) is 4.45. The van der Waals surface area contributed by atoms with Crippen molar-refractivity contribution in [3.63, 3.8) is 0 Å². The second-order valence-corrected chi connectivity index (χ2v) is 4.45. The van der Waals surface area contributed by atoms with Crippen molar-refractivity contribution < 1.29 is 0 Å². The van der Waals surface area contributed by atoms with Crippen LogP contribution in [-0.4, -0.2) is 36.6 Å². The fourth-order valence-electron chi connectivity index (χ4n) is 1.91. The summed E-state index contributed by atoms with van der Waals surface area (Å²) < 4.78 is 0. The summed E-state index contributed by atoms with van der Waals surface area (Å²) in [4.78, 5) is 6.39. The summed E-state index contributed by atoms with van der Waals surface area (Å²) in [6, 6.07) is 5.96. The van der Waals surface area contributed by atoms with Crippen LogP contribution in [0.4, 0.5) is 11.4 Å². The summed E-state index contributed by atoms with van der Waals surface area (Å²) in [6.07, 6.45) is 3.61. The molecule has 0 saturated carbocycles. The fourth-order valence-corrected chi connectivity index (χ4v) is 1.91. The largest absolute Gasteiger partial charge is 0.398 e. The Morgan fingerprint density at radius 2 is 2.11 bits per heavy atom. The van der Waals surface area contributed by atoms with Gasteiger partial charge in [-0.2, -0.15) is 0 Å². The number of rotatable bonds is 5. The van der Waals surface area contributed by atoms with E-state index in [1.54, 1.807) is 6.20 Å². The van der Waals surface area contributed by atoms with E-state index >= 15 is 0 Å². The third kappa shape index (κ3) is 2.71. The molecule has 1 aromatic carbocycles. The number of aromatic nitrogens is 1. The van der Waals surface area contributed by atoms with Gasteiger partial charge in [0.05, 0.1) is 0 Å². The summed E-state index contributed by atoms with van der Waals surface area (Å²) in [6.45, 7) is 5.16. The van der Waals surface area contributed by atoms with Crippen molar-refractivity contribution >= 4 is 22.1 Å². The summed E-state index contributed by atoms with van der Waals surface area (Å²) in [7, 11) is 2.12. The molecule has 0 aliphatic carbocycles. The number of nitrogen functional groups attached to an aromatic ring is 1. The molecule has 2 aromatic rings. The maximum atomic E-state index is 5.95. The van der Waals surface area contributed by atoms with Crippen molar-refractivity contribution in [1.82, 2.24) is 9.88 Å². The Hall–Kier alpha value is -1.81. The SMILES string of the molecule is CCN(C)CCNc1ccc(N)c2cnccc12. The van der Waals surface area contributed by atoms with Gasteiger partial charge in [-0.3, -0.25) is 4.98 Å². The molecule has 0 amide bonds. The van der Waals surface area contributed by atoms with Crippen LogP contribution in [0.5, 0.6) is 0 Å². The first kappa shape index (κ1) is 12.6. The zero-order valence-electron chi connectivity index (χ0n) is 11.0. The molecule has 96 valence electrons. The molecule has 0 unspecified atom stereocenters. The average Bonchev–Trinajstić information content (AvgIpc) is 2.41. The van der Waals surface area contributed by atoms with Crippen molar-refractivity contribution in [3.05, 3.63) is 30.6 Å². The van der Waals surface area contributed by atoms with E-state index in [9.17, 15) is 0 Å². The predicted molar refractivity (Wildman–Crippen MR) is 77.8 cm³/mol. The third-order valence-corrected chi connectivity index (χ3v) is 3.20. The molecule has 0 fully saturated rings. The van der Waals surface area contributed by atoms with Crippen LogP contribution >= 0.6 is 0 Å². The van der Waals surface area contributed by atoms with Crippen LogP contribution in [0.15, 0.2) is 30.6 Å². The van der Waals surface area contributed by atoms with Gasteiger partial charge in [0, 0.05) is 47.6 Å². The monoisotopic (exact) mass is 244 g/mol. The van der Waals surface area contributed by atoms with Gasteiger partial charge in [-0.15, -0.1) is 0 Å². The normalized spacial score (nSPS) is 11.1. The molecule has 2 rings (SSSR count). The van der Waals surface area contributed by atoms with E-state index in [1.807, 2.05) is 24.4 Å². The van der Waals surface area contributed by atoms with Crippen LogP contribution in [0.2, 0.25) is 0 Å². The maximum Gasteiger partial charge on any atom is 0.0422 e. The molecular weight excluding hydrogens is 224 g/mol. The smallest absolute Gasteiger partial charge is 0.0422 e. The van der Waals surface area contributed by atoms with Crippen LogP contribution < -0.4 is 11.1 Å². The minimum absolute atomic E-state index is 0.773. The zero-order valence-corrected chi connectivity index (χ0v) is 11.0. The molecule has 4 nitrogen and oxygen atoms in total. The summed E-state index contributed by atoms with van der Waals surface area (Å²) in [5.74, 6) is 0. The quantitative estimate of drug-likeness (QED) is 0.792. The molecule has 4 heteroatoms. The Balaban J connectivity index is 2.16. The molecule has 0 aliphatic heterocycles. The van der Waals surface area contributed by atoms with Crippen molar-refractivity contribution in [2.45, 2.75) is 6.92 Å². The third-order valence-electron chi connectivity index (χ3n) is 3.20. The summed E-state index contributed by atoms with van der Waals surface area (Å²) >= 11 is 0. The van der Waals surface area contributed by atoms with Gasteiger partial charge in [0.25, 0.3) is 0 Å². The van der Waals surface area contributed by atoms with Crippen molar-refractivity contribution in [2.75, 3.05) is 37.7 Å². The van der Waals surface area contributed by atoms with E-state index in [2.05, 4.69) is 29.2 Å². The topological polar surface area (TPSA) is 54.2 Å². The van der Waals surface area contributed by atoms with E-state index in [-0.39, 0.29) is 0 Å². The number of fused-ring (bicyclic) bond motifs is 1. The van der Waals surface area contributed by atoms with E-state index in [0.717, 1.165) is 41.8 Å². The molecule has 0 saturated heterocycles. The maximum absolute atomic E-state index is 5.95. The zero-order chi connectivity index (χ0) is 13.0. The lowest BCUT2D eigenvalue weighted by Gasteiger charge is -2.16. The molecule has 18 heavy (non-hydrogen) atoms. The molecule has 0 aliphatic rings. The molecule has 3 N–H and O–H groups in total. The molecule has 1 aromatic heterocycles. The highest BCUT2D eigenvalue weighted by Gasteiger charge is 2.03. The minimum Gasteiger partial charge on any atom is -0.398 e. The highest BCUT2D eigenvalue weighted by atomic mass is 15.1. The number of pyridine rings is 1. The van der Waals surface area contributed by atoms with E-state index in [4.69, 9.17) is 5.73 Å². The van der Waals surface area contributed by atoms with Crippen LogP contribution in [0.1, 0.15) is 6.92 Å². The van der Waals surface area contributed by atoms with Crippen LogP contribution in [0.3, 0.4) is 0 Å². The number of likely N-dealkylation sites (N-methyl/N-ethyl adjacent to an activating group) is 1. The van der Waals surface area contributed by atoms with Crippen LogP contribution in [-0.2, 0) is 0 Å². The van der Waals surface area contributed by atoms with Gasteiger partial charge in [-0.25, -0.2) is 0 Å². The Morgan fingerprint density at radius 3 is 2.89 bits per heavy atom. The lowest BCUT2D eigenvalue weighted by molar-refractivity contribution is 0.367. The molecule has 0 spiro atoms. The standard InChI is InChI=1S/C14H20N4/c1-3-18(2)9-8-17-14-5-4-13(15)12-10-16-7-6-11(12)14/h4-7,10,17H,3,8-9,15H2,1-2H3. The number of benzene rings is 1. The minimum atomic E-state index is 0.773. The lowest BCUT2D eigenvalue weighted by atomic mass is 10.1. The lowest BCUT2D eigenvalue weighted by Crippen LogP contribution is -2.24. The first-order valence-corrected chi connectivity index (χ1v) is 6.27. The molecular formula is C14H20N4. The number of hydrogen-bond acceptors (Lipinski definition) is 4. The Labute approximate surface area is 108 Å². The van der Waals surface area contributed by atoms with Gasteiger partial charge >= 0.3 is 0 Å². The van der Waals surface area contributed by atoms with Crippen LogP contribution in [0.25, 0.3) is 10.8 Å². The number of hydrogen-bond donors (Lipinski definition) is 2. The van der Waals surface area contributed by atoms with E-state index in [0.29, 0.717) is 0 Å².